The summed E-state index contributed by atoms with van der Waals surface area (Å²) in [4.78, 5) is 6.70. The predicted molar refractivity (Wildman–Crippen MR) is 65.9 cm³/mol. The Morgan fingerprint density at radius 1 is 1.50 bits per heavy atom. The van der Waals surface area contributed by atoms with Crippen molar-refractivity contribution in [3.8, 4) is 0 Å². The molecular weight excluding hydrogens is 198 g/mol. The molecule has 1 saturated heterocycles. The summed E-state index contributed by atoms with van der Waals surface area (Å²) in [7, 11) is 0. The topological polar surface area (TPSA) is 42.1 Å². The van der Waals surface area contributed by atoms with Crippen LogP contribution in [0, 0.1) is 0 Å². The lowest BCUT2D eigenvalue weighted by molar-refractivity contribution is 0.0891. The van der Waals surface area contributed by atoms with Crippen LogP contribution in [0.4, 0.5) is 0 Å². The molecule has 0 aromatic carbocycles. The van der Waals surface area contributed by atoms with E-state index in [0.29, 0.717) is 12.1 Å². The summed E-state index contributed by atoms with van der Waals surface area (Å²) in [5.74, 6) is 0. The third-order valence-corrected chi connectivity index (χ3v) is 3.55. The van der Waals surface area contributed by atoms with E-state index in [1.807, 2.05) is 18.5 Å². The molecule has 16 heavy (non-hydrogen) atoms. The van der Waals surface area contributed by atoms with Crippen molar-refractivity contribution in [2.45, 2.75) is 44.8 Å². The molecule has 2 unspecified atom stereocenters. The first-order chi connectivity index (χ1) is 7.81. The van der Waals surface area contributed by atoms with Crippen molar-refractivity contribution in [3.05, 3.63) is 30.1 Å². The Balaban J connectivity index is 2.05. The highest BCUT2D eigenvalue weighted by Crippen LogP contribution is 2.23. The van der Waals surface area contributed by atoms with Crippen LogP contribution >= 0.6 is 0 Å². The second kappa shape index (κ2) is 5.41. The molecule has 0 spiro atoms. The maximum Gasteiger partial charge on any atom is 0.0312 e. The van der Waals surface area contributed by atoms with Crippen LogP contribution < -0.4 is 5.73 Å². The Kier molecular flexibility index (Phi) is 3.91. The van der Waals surface area contributed by atoms with Crippen molar-refractivity contribution in [2.24, 2.45) is 5.73 Å². The van der Waals surface area contributed by atoms with E-state index in [1.54, 1.807) is 0 Å². The molecule has 0 amide bonds. The van der Waals surface area contributed by atoms with E-state index in [9.17, 15) is 0 Å². The molecule has 88 valence electrons. The van der Waals surface area contributed by atoms with Crippen molar-refractivity contribution < 1.29 is 0 Å². The van der Waals surface area contributed by atoms with E-state index in [2.05, 4.69) is 22.9 Å². The van der Waals surface area contributed by atoms with Crippen LogP contribution in [0.2, 0.25) is 0 Å². The zero-order chi connectivity index (χ0) is 11.4. The van der Waals surface area contributed by atoms with Crippen molar-refractivity contribution in [3.63, 3.8) is 0 Å². The summed E-state index contributed by atoms with van der Waals surface area (Å²) in [6.07, 6.45) is 7.61. The molecule has 1 aromatic rings. The van der Waals surface area contributed by atoms with E-state index >= 15 is 0 Å². The Morgan fingerprint density at radius 2 is 2.38 bits per heavy atom. The number of aromatic nitrogens is 1. The second-order valence-corrected chi connectivity index (χ2v) is 4.70. The zero-order valence-corrected chi connectivity index (χ0v) is 9.97. The van der Waals surface area contributed by atoms with Crippen LogP contribution in [-0.4, -0.2) is 28.5 Å². The maximum absolute atomic E-state index is 5.85. The molecule has 0 aliphatic carbocycles. The molecule has 3 heteroatoms. The highest BCUT2D eigenvalue weighted by atomic mass is 15.2. The minimum absolute atomic E-state index is 0.545. The third-order valence-electron chi connectivity index (χ3n) is 3.55. The van der Waals surface area contributed by atoms with Crippen molar-refractivity contribution in [1.29, 1.82) is 0 Å². The number of piperidine rings is 1. The van der Waals surface area contributed by atoms with Gasteiger partial charge in [0.25, 0.3) is 0 Å². The molecule has 0 bridgehead atoms. The average Bonchev–Trinajstić information content (AvgIpc) is 2.33. The third kappa shape index (κ3) is 2.60. The second-order valence-electron chi connectivity index (χ2n) is 4.70. The fourth-order valence-electron chi connectivity index (χ4n) is 2.58. The lowest BCUT2D eigenvalue weighted by Crippen LogP contribution is -2.48. The molecule has 2 atom stereocenters. The highest BCUT2D eigenvalue weighted by molar-refractivity contribution is 5.09. The molecule has 1 aliphatic rings. The van der Waals surface area contributed by atoms with Crippen molar-refractivity contribution >= 4 is 0 Å². The van der Waals surface area contributed by atoms with E-state index in [-0.39, 0.29) is 0 Å². The smallest absolute Gasteiger partial charge is 0.0312 e. The number of likely N-dealkylation sites (tertiary alicyclic amines) is 1. The number of pyridine rings is 1. The predicted octanol–water partition coefficient (Wildman–Crippen LogP) is 1.78. The van der Waals surface area contributed by atoms with Gasteiger partial charge in [-0.2, -0.15) is 0 Å². The number of hydrogen-bond donors (Lipinski definition) is 1. The molecule has 1 fully saturated rings. The molecule has 0 radical (unpaired) electrons. The molecule has 3 nitrogen and oxygen atoms in total. The monoisotopic (exact) mass is 219 g/mol. The van der Waals surface area contributed by atoms with Gasteiger partial charge in [-0.1, -0.05) is 12.5 Å². The van der Waals surface area contributed by atoms with E-state index in [1.165, 1.54) is 24.8 Å². The summed E-state index contributed by atoms with van der Waals surface area (Å²) in [5, 5.41) is 0. The Labute approximate surface area is 97.7 Å². The first kappa shape index (κ1) is 11.6. The van der Waals surface area contributed by atoms with E-state index in [4.69, 9.17) is 5.73 Å². The minimum atomic E-state index is 0.545. The molecule has 1 aliphatic heterocycles. The van der Waals surface area contributed by atoms with Crippen LogP contribution in [0.1, 0.15) is 31.7 Å². The van der Waals surface area contributed by atoms with Gasteiger partial charge in [0, 0.05) is 37.6 Å². The highest BCUT2D eigenvalue weighted by Gasteiger charge is 2.26. The van der Waals surface area contributed by atoms with E-state index < -0.39 is 0 Å². The summed E-state index contributed by atoms with van der Waals surface area (Å²) < 4.78 is 0. The van der Waals surface area contributed by atoms with Gasteiger partial charge in [0.1, 0.15) is 0 Å². The SMILES string of the molecule is CC1CCCC(CN)N1Cc1cccnc1. The summed E-state index contributed by atoms with van der Waals surface area (Å²) in [5.41, 5.74) is 7.14. The first-order valence-electron chi connectivity index (χ1n) is 6.16. The van der Waals surface area contributed by atoms with Gasteiger partial charge in [-0.15, -0.1) is 0 Å². The lowest BCUT2D eigenvalue weighted by atomic mass is 9.96. The Hall–Kier alpha value is -0.930. The number of nitrogens with zero attached hydrogens (tertiary/aromatic N) is 2. The quantitative estimate of drug-likeness (QED) is 0.842. The van der Waals surface area contributed by atoms with Gasteiger partial charge in [0.2, 0.25) is 0 Å². The largest absolute Gasteiger partial charge is 0.329 e. The van der Waals surface area contributed by atoms with Gasteiger partial charge in [0.15, 0.2) is 0 Å². The standard InChI is InChI=1S/C13H21N3/c1-11-4-2-6-13(8-14)16(11)10-12-5-3-7-15-9-12/h3,5,7,9,11,13H,2,4,6,8,10,14H2,1H3. The lowest BCUT2D eigenvalue weighted by Gasteiger charge is -2.40. The number of nitrogens with two attached hydrogens (primary N) is 1. The molecule has 0 saturated carbocycles. The summed E-state index contributed by atoms with van der Waals surface area (Å²) in [6.45, 7) is 4.06. The average molecular weight is 219 g/mol. The fraction of sp³-hybridized carbons (Fsp3) is 0.615. The number of rotatable bonds is 3. The minimum Gasteiger partial charge on any atom is -0.329 e. The zero-order valence-electron chi connectivity index (χ0n) is 9.97. The van der Waals surface area contributed by atoms with Gasteiger partial charge in [-0.25, -0.2) is 0 Å². The molecule has 2 rings (SSSR count). The van der Waals surface area contributed by atoms with Gasteiger partial charge >= 0.3 is 0 Å². The Morgan fingerprint density at radius 3 is 3.06 bits per heavy atom. The van der Waals surface area contributed by atoms with Gasteiger partial charge < -0.3 is 5.73 Å². The van der Waals surface area contributed by atoms with Crippen molar-refractivity contribution in [2.75, 3.05) is 6.54 Å². The Bertz CT molecular complexity index is 312. The van der Waals surface area contributed by atoms with Crippen LogP contribution in [0.3, 0.4) is 0 Å². The molecule has 1 aromatic heterocycles. The number of hydrogen-bond acceptors (Lipinski definition) is 3. The van der Waals surface area contributed by atoms with Crippen molar-refractivity contribution in [1.82, 2.24) is 9.88 Å². The molecular formula is C13H21N3. The fourth-order valence-corrected chi connectivity index (χ4v) is 2.58. The van der Waals surface area contributed by atoms with Crippen LogP contribution in [-0.2, 0) is 6.54 Å². The summed E-state index contributed by atoms with van der Waals surface area (Å²) in [6, 6.07) is 5.33. The van der Waals surface area contributed by atoms with Crippen LogP contribution in [0.5, 0.6) is 0 Å². The maximum atomic E-state index is 5.85. The summed E-state index contributed by atoms with van der Waals surface area (Å²) >= 11 is 0. The molecule has 2 N–H and O–H groups in total. The van der Waals surface area contributed by atoms with E-state index in [0.717, 1.165) is 13.1 Å². The van der Waals surface area contributed by atoms with Gasteiger partial charge in [-0.3, -0.25) is 9.88 Å². The van der Waals surface area contributed by atoms with Crippen LogP contribution in [0.15, 0.2) is 24.5 Å². The molecule has 2 heterocycles. The first-order valence-corrected chi connectivity index (χ1v) is 6.16. The van der Waals surface area contributed by atoms with Gasteiger partial charge in [-0.05, 0) is 31.4 Å². The van der Waals surface area contributed by atoms with Crippen LogP contribution in [0.25, 0.3) is 0 Å². The normalized spacial score (nSPS) is 26.9. The van der Waals surface area contributed by atoms with Gasteiger partial charge in [0.05, 0.1) is 0 Å².